The van der Waals surface area contributed by atoms with Gasteiger partial charge in [-0.3, -0.25) is 0 Å². The van der Waals surface area contributed by atoms with Gasteiger partial charge in [0.15, 0.2) is 0 Å². The molecular formula is C22H24O3. The molecule has 3 heteroatoms. The summed E-state index contributed by atoms with van der Waals surface area (Å²) in [6.45, 7) is 0. The zero-order valence-corrected chi connectivity index (χ0v) is 14.6. The van der Waals surface area contributed by atoms with Crippen LogP contribution in [0, 0.1) is 0 Å². The average Bonchev–Trinajstić information content (AvgIpc) is 3.41. The fraction of sp³-hybridized carbons (Fsp3) is 0.318. The summed E-state index contributed by atoms with van der Waals surface area (Å²) < 4.78 is 10.8. The number of benzene rings is 2. The highest BCUT2D eigenvalue weighted by Gasteiger charge is 2.57. The summed E-state index contributed by atoms with van der Waals surface area (Å²) in [6, 6.07) is 20.9. The van der Waals surface area contributed by atoms with Crippen LogP contribution in [0.5, 0.6) is 0 Å². The van der Waals surface area contributed by atoms with Crippen LogP contribution in [0.25, 0.3) is 0 Å². The van der Waals surface area contributed by atoms with Gasteiger partial charge in [0.1, 0.15) is 11.7 Å². The maximum absolute atomic E-state index is 11.1. The predicted octanol–water partition coefficient (Wildman–Crippen LogP) is 4.94. The highest BCUT2D eigenvalue weighted by Crippen LogP contribution is 2.59. The lowest BCUT2D eigenvalue weighted by Gasteiger charge is -2.13. The number of rotatable bonds is 8. The van der Waals surface area contributed by atoms with Gasteiger partial charge in [0.2, 0.25) is 0 Å². The van der Waals surface area contributed by atoms with Gasteiger partial charge in [0, 0.05) is 6.08 Å². The third-order valence-corrected chi connectivity index (χ3v) is 4.68. The van der Waals surface area contributed by atoms with Gasteiger partial charge in [0.05, 0.1) is 7.11 Å². The Kier molecular flexibility index (Phi) is 5.67. The lowest BCUT2D eigenvalue weighted by atomic mass is 9.87. The molecule has 0 spiro atoms. The van der Waals surface area contributed by atoms with Crippen molar-refractivity contribution in [3.63, 3.8) is 0 Å². The highest BCUT2D eigenvalue weighted by molar-refractivity contribution is 5.81. The number of carbonyl (C=O) groups excluding carboxylic acids is 1. The molecule has 1 fully saturated rings. The number of esters is 1. The molecule has 0 saturated carbocycles. The molecule has 3 rings (SSSR count). The van der Waals surface area contributed by atoms with Crippen LogP contribution < -0.4 is 0 Å². The van der Waals surface area contributed by atoms with Gasteiger partial charge >= 0.3 is 5.97 Å². The molecule has 1 aliphatic heterocycles. The van der Waals surface area contributed by atoms with E-state index in [1.807, 2.05) is 18.2 Å². The zero-order chi connectivity index (χ0) is 17.5. The van der Waals surface area contributed by atoms with Gasteiger partial charge < -0.3 is 9.47 Å². The van der Waals surface area contributed by atoms with Crippen LogP contribution in [0.4, 0.5) is 0 Å². The molecule has 0 unspecified atom stereocenters. The molecule has 25 heavy (non-hydrogen) atoms. The quantitative estimate of drug-likeness (QED) is 0.296. The average molecular weight is 336 g/mol. The minimum absolute atomic E-state index is 0.127. The molecule has 2 aromatic carbocycles. The summed E-state index contributed by atoms with van der Waals surface area (Å²) in [5.74, 6) is -0.296. The van der Waals surface area contributed by atoms with Crippen LogP contribution in [0.1, 0.15) is 42.9 Å². The topological polar surface area (TPSA) is 38.8 Å². The molecule has 0 N–H and O–H groups in total. The smallest absolute Gasteiger partial charge is 0.330 e. The number of ether oxygens (including phenoxy) is 2. The van der Waals surface area contributed by atoms with Gasteiger partial charge in [-0.15, -0.1) is 0 Å². The molecule has 130 valence electrons. The normalized spacial score (nSPS) is 22.0. The van der Waals surface area contributed by atoms with E-state index in [0.29, 0.717) is 0 Å². The second-order valence-electron chi connectivity index (χ2n) is 6.34. The third-order valence-electron chi connectivity index (χ3n) is 4.68. The number of methoxy groups -OCH3 is 1. The van der Waals surface area contributed by atoms with E-state index in [-0.39, 0.29) is 17.7 Å². The molecule has 1 heterocycles. The Bertz CT molecular complexity index is 709. The largest absolute Gasteiger partial charge is 0.466 e. The minimum atomic E-state index is -0.296. The number of allylic oxidation sites excluding steroid dienone is 1. The molecule has 0 aliphatic carbocycles. The molecule has 0 aromatic heterocycles. The molecule has 1 aliphatic rings. The first kappa shape index (κ1) is 17.4. The van der Waals surface area contributed by atoms with E-state index >= 15 is 0 Å². The van der Waals surface area contributed by atoms with Crippen molar-refractivity contribution in [3.05, 3.63) is 83.9 Å². The van der Waals surface area contributed by atoms with Crippen molar-refractivity contribution in [2.45, 2.75) is 37.4 Å². The number of unbranched alkanes of at least 4 members (excludes halogenated alkanes) is 2. The van der Waals surface area contributed by atoms with Crippen molar-refractivity contribution in [1.82, 2.24) is 0 Å². The van der Waals surface area contributed by atoms with Crippen molar-refractivity contribution in [3.8, 4) is 0 Å². The second kappa shape index (κ2) is 8.13. The summed E-state index contributed by atoms with van der Waals surface area (Å²) >= 11 is 0. The van der Waals surface area contributed by atoms with E-state index in [9.17, 15) is 4.79 Å². The molecular weight excluding hydrogens is 312 g/mol. The molecule has 2 aromatic rings. The standard InChI is InChI=1S/C22H24O3/c1-24-20(23)16-10-2-3-11-17-22(19-14-8-5-9-15-19)21(25-22)18-12-6-4-7-13-18/h4-10,12-16,21H,2-3,11,17H2,1H3/b16-10+/t21-,22+/m0/s1. The summed E-state index contributed by atoms with van der Waals surface area (Å²) in [7, 11) is 1.39. The van der Waals surface area contributed by atoms with Crippen molar-refractivity contribution < 1.29 is 14.3 Å². The van der Waals surface area contributed by atoms with E-state index in [0.717, 1.165) is 25.7 Å². The fourth-order valence-electron chi connectivity index (χ4n) is 3.31. The summed E-state index contributed by atoms with van der Waals surface area (Å²) in [5.41, 5.74) is 2.26. The number of epoxide rings is 1. The molecule has 0 amide bonds. The van der Waals surface area contributed by atoms with Crippen LogP contribution in [-0.4, -0.2) is 13.1 Å². The van der Waals surface area contributed by atoms with E-state index in [1.54, 1.807) is 0 Å². The zero-order valence-electron chi connectivity index (χ0n) is 14.6. The van der Waals surface area contributed by atoms with Crippen LogP contribution >= 0.6 is 0 Å². The van der Waals surface area contributed by atoms with Crippen molar-refractivity contribution in [2.24, 2.45) is 0 Å². The Hall–Kier alpha value is -2.39. The number of hydrogen-bond donors (Lipinski definition) is 0. The minimum Gasteiger partial charge on any atom is -0.466 e. The number of hydrogen-bond acceptors (Lipinski definition) is 3. The first-order valence-corrected chi connectivity index (χ1v) is 8.79. The summed E-state index contributed by atoms with van der Waals surface area (Å²) in [6.07, 6.45) is 7.41. The lowest BCUT2D eigenvalue weighted by Crippen LogP contribution is -2.10. The van der Waals surface area contributed by atoms with Crippen molar-refractivity contribution in [1.29, 1.82) is 0 Å². The Morgan fingerprint density at radius 3 is 2.44 bits per heavy atom. The van der Waals surface area contributed by atoms with Gasteiger partial charge in [-0.25, -0.2) is 4.79 Å². The molecule has 1 saturated heterocycles. The van der Waals surface area contributed by atoms with Gasteiger partial charge in [-0.1, -0.05) is 66.7 Å². The highest BCUT2D eigenvalue weighted by atomic mass is 16.6. The van der Waals surface area contributed by atoms with Crippen molar-refractivity contribution >= 4 is 5.97 Å². The Labute approximate surface area is 149 Å². The Morgan fingerprint density at radius 1 is 1.08 bits per heavy atom. The maximum atomic E-state index is 11.1. The predicted molar refractivity (Wildman–Crippen MR) is 98.0 cm³/mol. The van der Waals surface area contributed by atoms with Gasteiger partial charge in [-0.05, 0) is 36.8 Å². The summed E-state index contributed by atoms with van der Waals surface area (Å²) in [4.78, 5) is 11.1. The second-order valence-corrected chi connectivity index (χ2v) is 6.34. The summed E-state index contributed by atoms with van der Waals surface area (Å²) in [5, 5.41) is 0. The van der Waals surface area contributed by atoms with Gasteiger partial charge in [0.25, 0.3) is 0 Å². The first-order chi connectivity index (χ1) is 12.3. The maximum Gasteiger partial charge on any atom is 0.330 e. The van der Waals surface area contributed by atoms with Crippen LogP contribution in [-0.2, 0) is 19.9 Å². The molecule has 2 atom stereocenters. The van der Waals surface area contributed by atoms with Gasteiger partial charge in [-0.2, -0.15) is 0 Å². The Balaban J connectivity index is 1.62. The lowest BCUT2D eigenvalue weighted by molar-refractivity contribution is -0.134. The molecule has 3 nitrogen and oxygen atoms in total. The van der Waals surface area contributed by atoms with Crippen LogP contribution in [0.2, 0.25) is 0 Å². The number of carbonyl (C=O) groups is 1. The van der Waals surface area contributed by atoms with E-state index < -0.39 is 0 Å². The fourth-order valence-corrected chi connectivity index (χ4v) is 3.31. The molecule has 0 bridgehead atoms. The molecule has 0 radical (unpaired) electrons. The van der Waals surface area contributed by atoms with E-state index in [4.69, 9.17) is 4.74 Å². The van der Waals surface area contributed by atoms with Crippen LogP contribution in [0.15, 0.2) is 72.8 Å². The van der Waals surface area contributed by atoms with E-state index in [1.165, 1.54) is 24.3 Å². The SMILES string of the molecule is COC(=O)/C=C/CCCC[C@]1(c2ccccc2)O[C@H]1c1ccccc1. The van der Waals surface area contributed by atoms with Crippen LogP contribution in [0.3, 0.4) is 0 Å². The first-order valence-electron chi connectivity index (χ1n) is 8.79. The monoisotopic (exact) mass is 336 g/mol. The third kappa shape index (κ3) is 4.18. The Morgan fingerprint density at radius 2 is 1.76 bits per heavy atom. The van der Waals surface area contributed by atoms with E-state index in [2.05, 4.69) is 53.3 Å². The van der Waals surface area contributed by atoms with Crippen molar-refractivity contribution in [2.75, 3.05) is 7.11 Å².